The first-order valence-electron chi connectivity index (χ1n) is 5.04. The molecular formula is C11H12F2N2O. The third kappa shape index (κ3) is 2.04. The van der Waals surface area contributed by atoms with E-state index in [1.165, 1.54) is 0 Å². The van der Waals surface area contributed by atoms with Crippen LogP contribution in [0, 0.1) is 11.6 Å². The van der Waals surface area contributed by atoms with E-state index >= 15 is 0 Å². The molecule has 0 unspecified atom stereocenters. The lowest BCUT2D eigenvalue weighted by atomic mass is 10.1. The average Bonchev–Trinajstić information content (AvgIpc) is 2.98. The van der Waals surface area contributed by atoms with Crippen molar-refractivity contribution >= 4 is 5.91 Å². The molecule has 16 heavy (non-hydrogen) atoms. The van der Waals surface area contributed by atoms with Gasteiger partial charge in [0.25, 0.3) is 5.91 Å². The third-order valence-corrected chi connectivity index (χ3v) is 2.80. The van der Waals surface area contributed by atoms with Gasteiger partial charge in [-0.15, -0.1) is 0 Å². The molecule has 0 aliphatic heterocycles. The van der Waals surface area contributed by atoms with E-state index < -0.39 is 17.5 Å². The van der Waals surface area contributed by atoms with E-state index in [-0.39, 0.29) is 11.1 Å². The number of hydrogen-bond acceptors (Lipinski definition) is 2. The number of benzene rings is 1. The highest BCUT2D eigenvalue weighted by Gasteiger charge is 2.42. The van der Waals surface area contributed by atoms with Gasteiger partial charge in [0.05, 0.1) is 11.1 Å². The van der Waals surface area contributed by atoms with Gasteiger partial charge in [0, 0.05) is 12.6 Å². The largest absolute Gasteiger partial charge is 0.345 e. The molecule has 1 amide bonds. The summed E-state index contributed by atoms with van der Waals surface area (Å²) in [6.07, 6.45) is 1.61. The summed E-state index contributed by atoms with van der Waals surface area (Å²) in [7, 11) is 0. The standard InChI is InChI=1S/C11H12F2N2O/c12-7-1-2-8(9(13)5-7)10(16)15-11(6-14)3-4-11/h1-2,5H,3-4,6,14H2,(H,15,16). The lowest BCUT2D eigenvalue weighted by Gasteiger charge is -2.15. The minimum atomic E-state index is -0.856. The maximum Gasteiger partial charge on any atom is 0.254 e. The molecule has 5 heteroatoms. The van der Waals surface area contributed by atoms with Crippen molar-refractivity contribution < 1.29 is 13.6 Å². The highest BCUT2D eigenvalue weighted by Crippen LogP contribution is 2.34. The van der Waals surface area contributed by atoms with Gasteiger partial charge in [0.15, 0.2) is 0 Å². The predicted octanol–water partition coefficient (Wildman–Crippen LogP) is 1.19. The number of rotatable bonds is 3. The molecule has 1 aliphatic rings. The predicted molar refractivity (Wildman–Crippen MR) is 54.8 cm³/mol. The summed E-state index contributed by atoms with van der Waals surface area (Å²) in [4.78, 5) is 11.7. The summed E-state index contributed by atoms with van der Waals surface area (Å²) in [5.41, 5.74) is 4.96. The second kappa shape index (κ2) is 3.83. The first kappa shape index (κ1) is 11.0. The molecule has 2 rings (SSSR count). The van der Waals surface area contributed by atoms with Crippen molar-refractivity contribution in [1.29, 1.82) is 0 Å². The third-order valence-electron chi connectivity index (χ3n) is 2.80. The zero-order chi connectivity index (χ0) is 11.8. The van der Waals surface area contributed by atoms with Crippen LogP contribution in [0.1, 0.15) is 23.2 Å². The highest BCUT2D eigenvalue weighted by molar-refractivity contribution is 5.95. The highest BCUT2D eigenvalue weighted by atomic mass is 19.1. The molecule has 1 aromatic rings. The Bertz CT molecular complexity index is 430. The van der Waals surface area contributed by atoms with Crippen LogP contribution in [0.4, 0.5) is 8.78 Å². The summed E-state index contributed by atoms with van der Waals surface area (Å²) < 4.78 is 25.9. The van der Waals surface area contributed by atoms with Crippen LogP contribution in [-0.4, -0.2) is 18.0 Å². The molecule has 1 fully saturated rings. The SMILES string of the molecule is NCC1(NC(=O)c2ccc(F)cc2F)CC1. The fourth-order valence-electron chi connectivity index (χ4n) is 1.51. The zero-order valence-corrected chi connectivity index (χ0v) is 8.59. The van der Waals surface area contributed by atoms with Crippen molar-refractivity contribution in [2.24, 2.45) is 5.73 Å². The first-order valence-corrected chi connectivity index (χ1v) is 5.04. The smallest absolute Gasteiger partial charge is 0.254 e. The first-order chi connectivity index (χ1) is 7.56. The summed E-state index contributed by atoms with van der Waals surface area (Å²) in [5, 5.41) is 2.67. The molecule has 0 spiro atoms. The molecule has 86 valence electrons. The normalized spacial score (nSPS) is 16.9. The van der Waals surface area contributed by atoms with E-state index in [0.29, 0.717) is 12.6 Å². The lowest BCUT2D eigenvalue weighted by molar-refractivity contribution is 0.0929. The molecule has 0 atom stereocenters. The second-order valence-electron chi connectivity index (χ2n) is 4.06. The van der Waals surface area contributed by atoms with Crippen molar-refractivity contribution in [2.75, 3.05) is 6.54 Å². The van der Waals surface area contributed by atoms with E-state index in [2.05, 4.69) is 5.32 Å². The molecular weight excluding hydrogens is 214 g/mol. The number of nitrogens with one attached hydrogen (secondary N) is 1. The van der Waals surface area contributed by atoms with Gasteiger partial charge in [-0.25, -0.2) is 8.78 Å². The topological polar surface area (TPSA) is 55.1 Å². The summed E-state index contributed by atoms with van der Waals surface area (Å²) >= 11 is 0. The van der Waals surface area contributed by atoms with E-state index in [0.717, 1.165) is 25.0 Å². The van der Waals surface area contributed by atoms with Gasteiger partial charge in [-0.2, -0.15) is 0 Å². The fraction of sp³-hybridized carbons (Fsp3) is 0.364. The van der Waals surface area contributed by atoms with Gasteiger partial charge in [-0.3, -0.25) is 4.79 Å². The Hall–Kier alpha value is -1.49. The molecule has 1 aliphatic carbocycles. The minimum Gasteiger partial charge on any atom is -0.345 e. The van der Waals surface area contributed by atoms with Crippen molar-refractivity contribution in [3.05, 3.63) is 35.4 Å². The van der Waals surface area contributed by atoms with E-state index in [1.807, 2.05) is 0 Å². The quantitative estimate of drug-likeness (QED) is 0.813. The molecule has 0 heterocycles. The fourth-order valence-corrected chi connectivity index (χ4v) is 1.51. The maximum absolute atomic E-state index is 13.3. The number of amides is 1. The van der Waals surface area contributed by atoms with E-state index in [4.69, 9.17) is 5.73 Å². The number of halogens is 2. The monoisotopic (exact) mass is 226 g/mol. The Kier molecular flexibility index (Phi) is 2.63. The van der Waals surface area contributed by atoms with Crippen LogP contribution in [0.3, 0.4) is 0 Å². The maximum atomic E-state index is 13.3. The average molecular weight is 226 g/mol. The Morgan fingerprint density at radius 1 is 1.44 bits per heavy atom. The van der Waals surface area contributed by atoms with Crippen molar-refractivity contribution in [3.63, 3.8) is 0 Å². The molecule has 0 radical (unpaired) electrons. The molecule has 3 N–H and O–H groups in total. The van der Waals surface area contributed by atoms with Crippen LogP contribution >= 0.6 is 0 Å². The van der Waals surface area contributed by atoms with Crippen molar-refractivity contribution in [3.8, 4) is 0 Å². The summed E-state index contributed by atoms with van der Waals surface area (Å²) in [5.74, 6) is -2.10. The van der Waals surface area contributed by atoms with Gasteiger partial charge in [-0.05, 0) is 25.0 Å². The van der Waals surface area contributed by atoms with Crippen molar-refractivity contribution in [2.45, 2.75) is 18.4 Å². The van der Waals surface area contributed by atoms with Crippen LogP contribution in [-0.2, 0) is 0 Å². The molecule has 0 bridgehead atoms. The van der Waals surface area contributed by atoms with Crippen LogP contribution < -0.4 is 11.1 Å². The minimum absolute atomic E-state index is 0.152. The van der Waals surface area contributed by atoms with Gasteiger partial charge < -0.3 is 11.1 Å². The van der Waals surface area contributed by atoms with E-state index in [1.54, 1.807) is 0 Å². The molecule has 3 nitrogen and oxygen atoms in total. The number of carbonyl (C=O) groups is 1. The molecule has 0 aromatic heterocycles. The van der Waals surface area contributed by atoms with Crippen LogP contribution in [0.5, 0.6) is 0 Å². The Morgan fingerprint density at radius 3 is 2.62 bits per heavy atom. The molecule has 1 aromatic carbocycles. The number of carbonyl (C=O) groups excluding carboxylic acids is 1. The Balaban J connectivity index is 2.15. The molecule has 0 saturated heterocycles. The second-order valence-corrected chi connectivity index (χ2v) is 4.06. The zero-order valence-electron chi connectivity index (χ0n) is 8.59. The van der Waals surface area contributed by atoms with Gasteiger partial charge >= 0.3 is 0 Å². The lowest BCUT2D eigenvalue weighted by Crippen LogP contribution is -2.42. The summed E-state index contributed by atoms with van der Waals surface area (Å²) in [6, 6.07) is 2.88. The van der Waals surface area contributed by atoms with Crippen LogP contribution in [0.25, 0.3) is 0 Å². The van der Waals surface area contributed by atoms with Crippen LogP contribution in [0.2, 0.25) is 0 Å². The number of nitrogens with two attached hydrogens (primary N) is 1. The van der Waals surface area contributed by atoms with Gasteiger partial charge in [-0.1, -0.05) is 0 Å². The van der Waals surface area contributed by atoms with Gasteiger partial charge in [0.1, 0.15) is 11.6 Å². The Labute approximate surface area is 91.6 Å². The number of hydrogen-bond donors (Lipinski definition) is 2. The van der Waals surface area contributed by atoms with Crippen LogP contribution in [0.15, 0.2) is 18.2 Å². The van der Waals surface area contributed by atoms with E-state index in [9.17, 15) is 13.6 Å². The molecule has 1 saturated carbocycles. The van der Waals surface area contributed by atoms with Crippen molar-refractivity contribution in [1.82, 2.24) is 5.32 Å². The van der Waals surface area contributed by atoms with Gasteiger partial charge in [0.2, 0.25) is 0 Å². The Morgan fingerprint density at radius 2 is 2.12 bits per heavy atom. The summed E-state index contributed by atoms with van der Waals surface area (Å²) in [6.45, 7) is 0.335.